The molecule has 2 aromatic carbocycles. The van der Waals surface area contributed by atoms with Crippen LogP contribution in [0.3, 0.4) is 0 Å². The lowest BCUT2D eigenvalue weighted by Crippen LogP contribution is -2.48. The third-order valence-corrected chi connectivity index (χ3v) is 4.56. The summed E-state index contributed by atoms with van der Waals surface area (Å²) in [6.07, 6.45) is -0.776. The standard InChI is InChI=1S/C23H30N2O4/c1-14(2)21(23(28)29-16(5)22(27)24-15(3)4)25-20(26)13-18-11-8-10-17-9-6-7-12-19(17)18/h6-12,14-16,21H,13H2,1-5H3,(H,24,27)(H,25,26)/t16-,21-/m0/s1. The first-order chi connectivity index (χ1) is 13.7. The van der Waals surface area contributed by atoms with E-state index in [1.165, 1.54) is 6.92 Å². The number of carbonyl (C=O) groups excluding carboxylic acids is 3. The highest BCUT2D eigenvalue weighted by molar-refractivity contribution is 5.92. The van der Waals surface area contributed by atoms with Gasteiger partial charge in [-0.25, -0.2) is 4.79 Å². The second-order valence-electron chi connectivity index (χ2n) is 7.85. The molecule has 0 aliphatic rings. The van der Waals surface area contributed by atoms with Crippen LogP contribution in [0.2, 0.25) is 0 Å². The monoisotopic (exact) mass is 398 g/mol. The average molecular weight is 399 g/mol. The van der Waals surface area contributed by atoms with Crippen LogP contribution < -0.4 is 10.6 Å². The molecular formula is C23H30N2O4. The molecule has 0 radical (unpaired) electrons. The molecule has 6 heteroatoms. The molecule has 0 aromatic heterocycles. The van der Waals surface area contributed by atoms with E-state index in [4.69, 9.17) is 4.74 Å². The molecule has 0 unspecified atom stereocenters. The van der Waals surface area contributed by atoms with Crippen molar-refractivity contribution in [1.82, 2.24) is 10.6 Å². The van der Waals surface area contributed by atoms with Crippen molar-refractivity contribution in [2.45, 2.75) is 59.2 Å². The minimum atomic E-state index is -0.930. The van der Waals surface area contributed by atoms with Crippen LogP contribution in [-0.2, 0) is 25.5 Å². The van der Waals surface area contributed by atoms with E-state index in [2.05, 4.69) is 10.6 Å². The molecule has 0 fully saturated rings. The Labute approximate surface area is 172 Å². The van der Waals surface area contributed by atoms with E-state index in [0.717, 1.165) is 16.3 Å². The lowest BCUT2D eigenvalue weighted by atomic mass is 10.0. The van der Waals surface area contributed by atoms with Gasteiger partial charge in [0.1, 0.15) is 6.04 Å². The van der Waals surface area contributed by atoms with Crippen molar-refractivity contribution in [2.75, 3.05) is 0 Å². The van der Waals surface area contributed by atoms with Crippen LogP contribution in [0.25, 0.3) is 10.8 Å². The van der Waals surface area contributed by atoms with E-state index in [1.54, 1.807) is 0 Å². The number of amides is 2. The molecule has 29 heavy (non-hydrogen) atoms. The highest BCUT2D eigenvalue weighted by atomic mass is 16.5. The minimum absolute atomic E-state index is 0.0510. The molecular weight excluding hydrogens is 368 g/mol. The maximum atomic E-state index is 12.6. The first-order valence-corrected chi connectivity index (χ1v) is 9.96. The van der Waals surface area contributed by atoms with Crippen molar-refractivity contribution in [2.24, 2.45) is 5.92 Å². The molecule has 6 nitrogen and oxygen atoms in total. The van der Waals surface area contributed by atoms with E-state index in [1.807, 2.05) is 70.2 Å². The van der Waals surface area contributed by atoms with Crippen LogP contribution in [-0.4, -0.2) is 36.0 Å². The zero-order valence-electron chi connectivity index (χ0n) is 17.7. The Balaban J connectivity index is 2.04. The van der Waals surface area contributed by atoms with Crippen LogP contribution in [0.1, 0.15) is 40.2 Å². The summed E-state index contributed by atoms with van der Waals surface area (Å²) < 4.78 is 5.29. The van der Waals surface area contributed by atoms with Gasteiger partial charge in [-0.15, -0.1) is 0 Å². The summed E-state index contributed by atoms with van der Waals surface area (Å²) in [6.45, 7) is 8.82. The molecule has 0 aliphatic carbocycles. The summed E-state index contributed by atoms with van der Waals surface area (Å²) in [6, 6.07) is 12.8. The van der Waals surface area contributed by atoms with Crippen LogP contribution in [0.4, 0.5) is 0 Å². The number of hydrogen-bond acceptors (Lipinski definition) is 4. The number of rotatable bonds is 8. The minimum Gasteiger partial charge on any atom is -0.451 e. The van der Waals surface area contributed by atoms with Gasteiger partial charge in [-0.1, -0.05) is 56.3 Å². The molecule has 2 atom stereocenters. The fraction of sp³-hybridized carbons (Fsp3) is 0.435. The van der Waals surface area contributed by atoms with Gasteiger partial charge in [0.15, 0.2) is 6.10 Å². The van der Waals surface area contributed by atoms with Crippen LogP contribution in [0.5, 0.6) is 0 Å². The van der Waals surface area contributed by atoms with Crippen molar-refractivity contribution in [3.05, 3.63) is 48.0 Å². The molecule has 0 heterocycles. The first-order valence-electron chi connectivity index (χ1n) is 9.96. The van der Waals surface area contributed by atoms with Crippen molar-refractivity contribution in [3.8, 4) is 0 Å². The SMILES string of the molecule is CC(C)NC(=O)[C@H](C)OC(=O)[C@@H](NC(=O)Cc1cccc2ccccc12)C(C)C. The van der Waals surface area contributed by atoms with Gasteiger partial charge in [0.2, 0.25) is 5.91 Å². The van der Waals surface area contributed by atoms with Gasteiger partial charge in [0.05, 0.1) is 6.42 Å². The Morgan fingerprint density at radius 1 is 0.897 bits per heavy atom. The summed E-state index contributed by atoms with van der Waals surface area (Å²) in [5.74, 6) is -1.42. The van der Waals surface area contributed by atoms with Gasteiger partial charge < -0.3 is 15.4 Å². The van der Waals surface area contributed by atoms with E-state index in [9.17, 15) is 14.4 Å². The molecule has 0 aliphatic heterocycles. The maximum absolute atomic E-state index is 12.6. The van der Waals surface area contributed by atoms with E-state index in [0.29, 0.717) is 0 Å². The predicted octanol–water partition coefficient (Wildman–Crippen LogP) is 2.98. The summed E-state index contributed by atoms with van der Waals surface area (Å²) in [5, 5.41) is 7.54. The quantitative estimate of drug-likeness (QED) is 0.670. The van der Waals surface area contributed by atoms with Crippen LogP contribution in [0, 0.1) is 5.92 Å². The number of benzene rings is 2. The molecule has 2 aromatic rings. The predicted molar refractivity (Wildman–Crippen MR) is 113 cm³/mol. The Bertz CT molecular complexity index is 871. The van der Waals surface area contributed by atoms with Crippen molar-refractivity contribution in [1.29, 1.82) is 0 Å². The van der Waals surface area contributed by atoms with Gasteiger partial charge in [0, 0.05) is 6.04 Å². The van der Waals surface area contributed by atoms with Gasteiger partial charge in [-0.3, -0.25) is 9.59 Å². The zero-order valence-corrected chi connectivity index (χ0v) is 17.7. The van der Waals surface area contributed by atoms with Crippen molar-refractivity contribution >= 4 is 28.6 Å². The Morgan fingerprint density at radius 2 is 1.55 bits per heavy atom. The largest absolute Gasteiger partial charge is 0.451 e. The molecule has 0 bridgehead atoms. The first kappa shape index (κ1) is 22.4. The Kier molecular flexibility index (Phi) is 7.76. The van der Waals surface area contributed by atoms with E-state index in [-0.39, 0.29) is 30.2 Å². The molecule has 2 amide bonds. The number of carbonyl (C=O) groups is 3. The van der Waals surface area contributed by atoms with Crippen LogP contribution >= 0.6 is 0 Å². The van der Waals surface area contributed by atoms with Crippen LogP contribution in [0.15, 0.2) is 42.5 Å². The third kappa shape index (κ3) is 6.31. The Morgan fingerprint density at radius 3 is 2.21 bits per heavy atom. The summed E-state index contributed by atoms with van der Waals surface area (Å²) >= 11 is 0. The number of nitrogens with one attached hydrogen (secondary N) is 2. The molecule has 2 N–H and O–H groups in total. The Hall–Kier alpha value is -2.89. The second kappa shape index (κ2) is 10.0. The van der Waals surface area contributed by atoms with E-state index >= 15 is 0 Å². The number of esters is 1. The number of hydrogen-bond donors (Lipinski definition) is 2. The third-order valence-electron chi connectivity index (χ3n) is 4.56. The lowest BCUT2D eigenvalue weighted by molar-refractivity contribution is -0.158. The van der Waals surface area contributed by atoms with Crippen molar-refractivity contribution < 1.29 is 19.1 Å². The van der Waals surface area contributed by atoms with Gasteiger partial charge in [0.25, 0.3) is 5.91 Å². The van der Waals surface area contributed by atoms with Crippen molar-refractivity contribution in [3.63, 3.8) is 0 Å². The second-order valence-corrected chi connectivity index (χ2v) is 7.85. The highest BCUT2D eigenvalue weighted by Gasteiger charge is 2.29. The maximum Gasteiger partial charge on any atom is 0.329 e. The molecule has 0 saturated carbocycles. The molecule has 0 spiro atoms. The highest BCUT2D eigenvalue weighted by Crippen LogP contribution is 2.19. The summed E-state index contributed by atoms with van der Waals surface area (Å²) in [5.41, 5.74) is 0.890. The zero-order chi connectivity index (χ0) is 21.6. The molecule has 156 valence electrons. The summed E-state index contributed by atoms with van der Waals surface area (Å²) in [7, 11) is 0. The van der Waals surface area contributed by atoms with Gasteiger partial charge >= 0.3 is 5.97 Å². The normalized spacial score (nSPS) is 13.2. The smallest absolute Gasteiger partial charge is 0.329 e. The molecule has 0 saturated heterocycles. The molecule has 2 rings (SSSR count). The number of ether oxygens (including phenoxy) is 1. The van der Waals surface area contributed by atoms with Gasteiger partial charge in [-0.2, -0.15) is 0 Å². The fourth-order valence-corrected chi connectivity index (χ4v) is 3.04. The van der Waals surface area contributed by atoms with E-state index < -0.39 is 18.1 Å². The van der Waals surface area contributed by atoms with Gasteiger partial charge in [-0.05, 0) is 43.0 Å². The lowest BCUT2D eigenvalue weighted by Gasteiger charge is -2.23. The number of fused-ring (bicyclic) bond motifs is 1. The fourth-order valence-electron chi connectivity index (χ4n) is 3.04. The topological polar surface area (TPSA) is 84.5 Å². The summed E-state index contributed by atoms with van der Waals surface area (Å²) in [4.78, 5) is 37.2. The average Bonchev–Trinajstić information content (AvgIpc) is 2.65.